The van der Waals surface area contributed by atoms with E-state index in [-0.39, 0.29) is 31.1 Å². The molecule has 0 spiro atoms. The summed E-state index contributed by atoms with van der Waals surface area (Å²) in [6, 6.07) is 0. The van der Waals surface area contributed by atoms with Crippen LogP contribution >= 0.6 is 0 Å². The summed E-state index contributed by atoms with van der Waals surface area (Å²) >= 11 is 0. The van der Waals surface area contributed by atoms with Crippen molar-refractivity contribution in [2.75, 3.05) is 13.2 Å². The Morgan fingerprint density at radius 3 is 0.792 bits per heavy atom. The molecule has 0 aliphatic carbocycles. The minimum atomic E-state index is -0.793. The Labute approximate surface area is 477 Å². The molecule has 0 bridgehead atoms. The molecule has 0 aromatic rings. The van der Waals surface area contributed by atoms with Crippen molar-refractivity contribution in [3.8, 4) is 0 Å². The van der Waals surface area contributed by atoms with Crippen LogP contribution < -0.4 is 0 Å². The molecule has 6 heteroatoms. The molecular weight excluding hydrogens is 949 g/mol. The van der Waals surface area contributed by atoms with E-state index < -0.39 is 6.10 Å². The number of hydrogen-bond acceptors (Lipinski definition) is 6. The van der Waals surface area contributed by atoms with Gasteiger partial charge in [0.25, 0.3) is 0 Å². The zero-order chi connectivity index (χ0) is 55.7. The van der Waals surface area contributed by atoms with Crippen molar-refractivity contribution in [3.05, 3.63) is 97.2 Å². The van der Waals surface area contributed by atoms with Crippen LogP contribution in [0.4, 0.5) is 0 Å². The molecule has 0 heterocycles. The SMILES string of the molecule is CC/C=C\C/C=C\C/C=C\CCCCCCCCCC(=O)OCC(COC(=O)CCCCCCCC/C=C\C/C=C\C/C=C\CCCCCCC)OC(=O)CCCCCCCCCCC/C=C\C/C=C\CCCCCCC. The van der Waals surface area contributed by atoms with Crippen LogP contribution in [0, 0.1) is 0 Å². The van der Waals surface area contributed by atoms with Crippen LogP contribution in [-0.2, 0) is 28.6 Å². The quantitative estimate of drug-likeness (QED) is 0.0261. The highest BCUT2D eigenvalue weighted by Crippen LogP contribution is 2.16. The molecule has 0 rings (SSSR count). The average Bonchev–Trinajstić information content (AvgIpc) is 3.43. The van der Waals surface area contributed by atoms with Gasteiger partial charge < -0.3 is 14.2 Å². The van der Waals surface area contributed by atoms with Crippen LogP contribution in [0.25, 0.3) is 0 Å². The second-order valence-electron chi connectivity index (χ2n) is 21.6. The molecule has 0 aromatic heterocycles. The number of unbranched alkanes of at least 4 members (excludes halogenated alkanes) is 32. The zero-order valence-electron chi connectivity index (χ0n) is 50.7. The van der Waals surface area contributed by atoms with E-state index in [0.717, 1.165) is 109 Å². The highest BCUT2D eigenvalue weighted by Gasteiger charge is 2.19. The lowest BCUT2D eigenvalue weighted by Gasteiger charge is -2.18. The molecule has 1 atom stereocenters. The molecule has 0 aromatic carbocycles. The van der Waals surface area contributed by atoms with E-state index in [1.165, 1.54) is 167 Å². The lowest BCUT2D eigenvalue weighted by atomic mass is 10.1. The molecule has 0 aliphatic heterocycles. The van der Waals surface area contributed by atoms with Gasteiger partial charge in [0.05, 0.1) is 0 Å². The Kier molecular flexibility index (Phi) is 61.8. The number of allylic oxidation sites excluding steroid dienone is 16. The van der Waals surface area contributed by atoms with Crippen molar-refractivity contribution in [3.63, 3.8) is 0 Å². The third-order valence-electron chi connectivity index (χ3n) is 14.0. The van der Waals surface area contributed by atoms with Gasteiger partial charge in [0.15, 0.2) is 6.10 Å². The Bertz CT molecular complexity index is 1510. The third-order valence-corrected chi connectivity index (χ3v) is 14.0. The monoisotopic (exact) mass is 1070 g/mol. The van der Waals surface area contributed by atoms with Crippen LogP contribution in [0.1, 0.15) is 316 Å². The van der Waals surface area contributed by atoms with E-state index in [9.17, 15) is 14.4 Å². The highest BCUT2D eigenvalue weighted by atomic mass is 16.6. The number of carbonyl (C=O) groups excluding carboxylic acids is 3. The smallest absolute Gasteiger partial charge is 0.306 e. The summed E-state index contributed by atoms with van der Waals surface area (Å²) in [4.78, 5) is 38.4. The molecule has 0 saturated heterocycles. The lowest BCUT2D eigenvalue weighted by Crippen LogP contribution is -2.30. The number of carbonyl (C=O) groups is 3. The van der Waals surface area contributed by atoms with Gasteiger partial charge in [0.2, 0.25) is 0 Å². The second-order valence-corrected chi connectivity index (χ2v) is 21.6. The standard InChI is InChI=1S/C71H122O6/c1-4-7-10-13-16-19-22-25-28-31-33-35-37-40-43-46-49-52-55-58-61-64-70(73)76-67-68(66-75-69(72)63-60-57-54-51-48-45-42-39-30-27-24-21-18-15-12-9-6-3)77-71(74)65-62-59-56-53-50-47-44-41-38-36-34-32-29-26-23-20-17-14-11-8-5-2/h9,12,18,21-23,25-27,30-34,37,40,68H,4-8,10-11,13-17,19-20,24,28-29,35-36,38-39,41-67H2,1-3H3/b12-9-,21-18-,25-22-,26-23-,30-27-,33-31-,34-32-,40-37-. The molecule has 0 aliphatic rings. The summed E-state index contributed by atoms with van der Waals surface area (Å²) in [5.74, 6) is -0.904. The van der Waals surface area contributed by atoms with Crippen molar-refractivity contribution in [1.82, 2.24) is 0 Å². The molecule has 0 amide bonds. The fourth-order valence-electron chi connectivity index (χ4n) is 9.14. The van der Waals surface area contributed by atoms with E-state index in [1.807, 2.05) is 0 Å². The van der Waals surface area contributed by atoms with Gasteiger partial charge in [-0.1, -0.05) is 272 Å². The predicted molar refractivity (Wildman–Crippen MR) is 334 cm³/mol. The number of ether oxygens (including phenoxy) is 3. The van der Waals surface area contributed by atoms with Crippen LogP contribution in [0.2, 0.25) is 0 Å². The van der Waals surface area contributed by atoms with Gasteiger partial charge in [-0.2, -0.15) is 0 Å². The molecule has 0 radical (unpaired) electrons. The summed E-state index contributed by atoms with van der Waals surface area (Å²) in [7, 11) is 0. The highest BCUT2D eigenvalue weighted by molar-refractivity contribution is 5.71. The maximum atomic E-state index is 12.9. The number of esters is 3. The first kappa shape index (κ1) is 73.3. The summed E-state index contributed by atoms with van der Waals surface area (Å²) in [5.41, 5.74) is 0. The Morgan fingerprint density at radius 1 is 0.273 bits per heavy atom. The Balaban J connectivity index is 4.42. The first-order valence-corrected chi connectivity index (χ1v) is 32.7. The largest absolute Gasteiger partial charge is 0.462 e. The fourth-order valence-corrected chi connectivity index (χ4v) is 9.14. The molecule has 6 nitrogen and oxygen atoms in total. The van der Waals surface area contributed by atoms with Crippen LogP contribution in [0.3, 0.4) is 0 Å². The molecule has 77 heavy (non-hydrogen) atoms. The van der Waals surface area contributed by atoms with Gasteiger partial charge in [0.1, 0.15) is 13.2 Å². The van der Waals surface area contributed by atoms with Crippen LogP contribution in [0.5, 0.6) is 0 Å². The maximum absolute atomic E-state index is 12.9. The van der Waals surface area contributed by atoms with Crippen LogP contribution in [-0.4, -0.2) is 37.2 Å². The molecule has 442 valence electrons. The summed E-state index contributed by atoms with van der Waals surface area (Å²) in [6.45, 7) is 6.51. The van der Waals surface area contributed by atoms with E-state index in [4.69, 9.17) is 14.2 Å². The van der Waals surface area contributed by atoms with Crippen molar-refractivity contribution in [2.45, 2.75) is 322 Å². The first-order chi connectivity index (χ1) is 38.0. The summed E-state index contributed by atoms with van der Waals surface area (Å²) in [5, 5.41) is 0. The van der Waals surface area contributed by atoms with Gasteiger partial charge >= 0.3 is 17.9 Å². The zero-order valence-corrected chi connectivity index (χ0v) is 50.7. The molecule has 1 unspecified atom stereocenters. The minimum Gasteiger partial charge on any atom is -0.462 e. The van der Waals surface area contributed by atoms with Crippen molar-refractivity contribution in [1.29, 1.82) is 0 Å². The normalized spacial score (nSPS) is 12.7. The molecular formula is C71H122O6. The van der Waals surface area contributed by atoms with Crippen molar-refractivity contribution < 1.29 is 28.6 Å². The average molecular weight is 1070 g/mol. The topological polar surface area (TPSA) is 78.9 Å². The first-order valence-electron chi connectivity index (χ1n) is 32.7. The Hall–Kier alpha value is -3.67. The maximum Gasteiger partial charge on any atom is 0.306 e. The molecule has 0 saturated carbocycles. The van der Waals surface area contributed by atoms with E-state index in [2.05, 4.69) is 118 Å². The lowest BCUT2D eigenvalue weighted by molar-refractivity contribution is -0.167. The van der Waals surface area contributed by atoms with Gasteiger partial charge in [-0.3, -0.25) is 14.4 Å². The third kappa shape index (κ3) is 63.0. The van der Waals surface area contributed by atoms with Gasteiger partial charge in [-0.05, 0) is 122 Å². The minimum absolute atomic E-state index is 0.0886. The number of rotatable bonds is 59. The van der Waals surface area contributed by atoms with E-state index in [0.29, 0.717) is 19.3 Å². The summed E-state index contributed by atoms with van der Waals surface area (Å²) < 4.78 is 16.9. The van der Waals surface area contributed by atoms with Gasteiger partial charge in [0, 0.05) is 19.3 Å². The van der Waals surface area contributed by atoms with E-state index >= 15 is 0 Å². The molecule has 0 N–H and O–H groups in total. The van der Waals surface area contributed by atoms with Gasteiger partial charge in [-0.25, -0.2) is 0 Å². The number of hydrogen-bond donors (Lipinski definition) is 0. The Morgan fingerprint density at radius 2 is 0.506 bits per heavy atom. The van der Waals surface area contributed by atoms with Crippen molar-refractivity contribution >= 4 is 17.9 Å². The van der Waals surface area contributed by atoms with Crippen molar-refractivity contribution in [2.24, 2.45) is 0 Å². The van der Waals surface area contributed by atoms with Gasteiger partial charge in [-0.15, -0.1) is 0 Å². The molecule has 0 fully saturated rings. The van der Waals surface area contributed by atoms with E-state index in [1.54, 1.807) is 0 Å². The predicted octanol–water partition coefficient (Wildman–Crippen LogP) is 22.4. The summed E-state index contributed by atoms with van der Waals surface area (Å²) in [6.07, 6.45) is 86.9. The van der Waals surface area contributed by atoms with Crippen LogP contribution in [0.15, 0.2) is 97.2 Å². The fraction of sp³-hybridized carbons (Fsp3) is 0.732. The second kappa shape index (κ2) is 64.9.